The lowest BCUT2D eigenvalue weighted by Crippen LogP contribution is -2.18. The van der Waals surface area contributed by atoms with Crippen molar-refractivity contribution >= 4 is 17.7 Å². The fraction of sp³-hybridized carbons (Fsp3) is 0.409. The van der Waals surface area contributed by atoms with Gasteiger partial charge in [-0.1, -0.05) is 0 Å². The molecule has 0 spiro atoms. The van der Waals surface area contributed by atoms with E-state index in [-0.39, 0.29) is 24.1 Å². The monoisotopic (exact) mass is 399 g/mol. The van der Waals surface area contributed by atoms with Crippen LogP contribution in [0.1, 0.15) is 55.3 Å². The van der Waals surface area contributed by atoms with Crippen LogP contribution in [0.4, 0.5) is 0 Å². The van der Waals surface area contributed by atoms with Gasteiger partial charge in [-0.2, -0.15) is 0 Å². The Kier molecular flexibility index (Phi) is 6.49. The molecule has 0 bridgehead atoms. The number of esters is 2. The van der Waals surface area contributed by atoms with Gasteiger partial charge < -0.3 is 18.8 Å². The molecule has 0 aliphatic carbocycles. The Balaban J connectivity index is 1.61. The topological polar surface area (TPSA) is 83.8 Å². The summed E-state index contributed by atoms with van der Waals surface area (Å²) in [5, 5.41) is 0. The summed E-state index contributed by atoms with van der Waals surface area (Å²) in [5.41, 5.74) is 2.97. The molecule has 154 valence electrons. The minimum Gasteiger partial charge on any atom is -0.465 e. The highest BCUT2D eigenvalue weighted by Crippen LogP contribution is 2.21. The zero-order valence-electron chi connectivity index (χ0n) is 16.9. The predicted octanol–water partition coefficient (Wildman–Crippen LogP) is 3.11. The number of nitrogens with zero attached hydrogens (tertiary/aromatic N) is 1. The van der Waals surface area contributed by atoms with E-state index in [9.17, 15) is 14.4 Å². The number of aryl methyl sites for hydroxylation is 1. The number of ether oxygens (including phenoxy) is 3. The SMILES string of the molecule is COC(=O)c1ccc(C(=O)OCC(=O)c2cc(C)n(C[C@H]3CCCO3)c2C)cc1. The molecule has 2 heterocycles. The first-order chi connectivity index (χ1) is 13.9. The van der Waals surface area contributed by atoms with Crippen molar-refractivity contribution in [3.8, 4) is 0 Å². The van der Waals surface area contributed by atoms with Crippen LogP contribution in [-0.2, 0) is 20.8 Å². The van der Waals surface area contributed by atoms with Crippen LogP contribution in [0, 0.1) is 13.8 Å². The largest absolute Gasteiger partial charge is 0.465 e. The van der Waals surface area contributed by atoms with Gasteiger partial charge in [-0.05, 0) is 57.0 Å². The van der Waals surface area contributed by atoms with Crippen LogP contribution in [0.5, 0.6) is 0 Å². The summed E-state index contributed by atoms with van der Waals surface area (Å²) in [4.78, 5) is 36.3. The lowest BCUT2D eigenvalue weighted by Gasteiger charge is -2.14. The quantitative estimate of drug-likeness (QED) is 0.525. The Hall–Kier alpha value is -2.93. The summed E-state index contributed by atoms with van der Waals surface area (Å²) in [5.74, 6) is -1.36. The Morgan fingerprint density at radius 1 is 1.10 bits per heavy atom. The molecule has 0 radical (unpaired) electrons. The van der Waals surface area contributed by atoms with Crippen molar-refractivity contribution in [2.24, 2.45) is 0 Å². The summed E-state index contributed by atoms with van der Waals surface area (Å²) < 4.78 is 17.6. The number of rotatable bonds is 7. The highest BCUT2D eigenvalue weighted by molar-refractivity contribution is 6.00. The first kappa shape index (κ1) is 20.8. The Bertz CT molecular complexity index is 906. The molecule has 1 atom stereocenters. The summed E-state index contributed by atoms with van der Waals surface area (Å²) in [7, 11) is 1.29. The Morgan fingerprint density at radius 3 is 2.34 bits per heavy atom. The smallest absolute Gasteiger partial charge is 0.338 e. The van der Waals surface area contributed by atoms with Crippen LogP contribution in [-0.4, -0.2) is 48.7 Å². The number of hydrogen-bond acceptors (Lipinski definition) is 6. The van der Waals surface area contributed by atoms with E-state index in [2.05, 4.69) is 9.30 Å². The van der Waals surface area contributed by atoms with Gasteiger partial charge in [-0.25, -0.2) is 9.59 Å². The fourth-order valence-electron chi connectivity index (χ4n) is 3.51. The van der Waals surface area contributed by atoms with Crippen molar-refractivity contribution in [1.82, 2.24) is 4.57 Å². The van der Waals surface area contributed by atoms with Crippen molar-refractivity contribution in [2.75, 3.05) is 20.3 Å². The molecule has 0 saturated carbocycles. The molecular weight excluding hydrogens is 374 g/mol. The lowest BCUT2D eigenvalue weighted by molar-refractivity contribution is 0.0473. The molecule has 1 aromatic heterocycles. The number of aromatic nitrogens is 1. The summed E-state index contributed by atoms with van der Waals surface area (Å²) in [6.45, 7) is 5.00. The maximum Gasteiger partial charge on any atom is 0.338 e. The van der Waals surface area contributed by atoms with E-state index >= 15 is 0 Å². The highest BCUT2D eigenvalue weighted by atomic mass is 16.5. The van der Waals surface area contributed by atoms with Crippen LogP contribution >= 0.6 is 0 Å². The van der Waals surface area contributed by atoms with E-state index in [1.807, 2.05) is 19.9 Å². The summed E-state index contributed by atoms with van der Waals surface area (Å²) >= 11 is 0. The number of Topliss-reactive ketones (excluding diaryl/α,β-unsaturated/α-hetero) is 1. The third-order valence-corrected chi connectivity index (χ3v) is 5.16. The van der Waals surface area contributed by atoms with Crippen molar-refractivity contribution in [2.45, 2.75) is 39.3 Å². The molecule has 1 fully saturated rings. The lowest BCUT2D eigenvalue weighted by atomic mass is 10.1. The maximum atomic E-state index is 12.6. The molecule has 0 amide bonds. The summed E-state index contributed by atoms with van der Waals surface area (Å²) in [6.07, 6.45) is 2.26. The standard InChI is InChI=1S/C22H25NO6/c1-14-11-19(15(2)23(14)12-18-5-4-10-28-18)20(24)13-29-22(26)17-8-6-16(7-9-17)21(25)27-3/h6-9,11,18H,4-5,10,12-13H2,1-3H3/t18-/m1/s1. The predicted molar refractivity (Wildman–Crippen MR) is 105 cm³/mol. The van der Waals surface area contributed by atoms with Crippen molar-refractivity contribution < 1.29 is 28.6 Å². The molecule has 0 unspecified atom stereocenters. The van der Waals surface area contributed by atoms with Crippen LogP contribution < -0.4 is 0 Å². The number of ketones is 1. The van der Waals surface area contributed by atoms with E-state index in [4.69, 9.17) is 9.47 Å². The second-order valence-electron chi connectivity index (χ2n) is 7.10. The zero-order valence-corrected chi connectivity index (χ0v) is 16.9. The summed E-state index contributed by atoms with van der Waals surface area (Å²) in [6, 6.07) is 7.70. The average Bonchev–Trinajstić information content (AvgIpc) is 3.35. The van der Waals surface area contributed by atoms with E-state index in [1.165, 1.54) is 31.4 Å². The fourth-order valence-corrected chi connectivity index (χ4v) is 3.51. The number of hydrogen-bond donors (Lipinski definition) is 0. The molecule has 1 saturated heterocycles. The van der Waals surface area contributed by atoms with Crippen LogP contribution in [0.25, 0.3) is 0 Å². The van der Waals surface area contributed by atoms with E-state index in [1.54, 1.807) is 0 Å². The molecule has 0 N–H and O–H groups in total. The van der Waals surface area contributed by atoms with Gasteiger partial charge in [0, 0.05) is 30.1 Å². The normalized spacial score (nSPS) is 15.9. The molecule has 7 nitrogen and oxygen atoms in total. The van der Waals surface area contributed by atoms with Gasteiger partial charge in [-0.3, -0.25) is 4.79 Å². The zero-order chi connectivity index (χ0) is 21.0. The molecule has 2 aromatic rings. The van der Waals surface area contributed by atoms with E-state index in [0.29, 0.717) is 11.1 Å². The van der Waals surface area contributed by atoms with Crippen molar-refractivity contribution in [3.63, 3.8) is 0 Å². The third kappa shape index (κ3) is 4.74. The molecule has 7 heteroatoms. The molecule has 1 aliphatic rings. The van der Waals surface area contributed by atoms with Crippen molar-refractivity contribution in [1.29, 1.82) is 0 Å². The van der Waals surface area contributed by atoms with Gasteiger partial charge in [0.25, 0.3) is 0 Å². The average molecular weight is 399 g/mol. The molecule has 1 aliphatic heterocycles. The first-order valence-corrected chi connectivity index (χ1v) is 9.57. The maximum absolute atomic E-state index is 12.6. The van der Waals surface area contributed by atoms with Gasteiger partial charge in [-0.15, -0.1) is 0 Å². The third-order valence-electron chi connectivity index (χ3n) is 5.16. The number of carbonyl (C=O) groups excluding carboxylic acids is 3. The number of carbonyl (C=O) groups is 3. The van der Waals surface area contributed by atoms with Gasteiger partial charge in [0.1, 0.15) is 0 Å². The van der Waals surface area contributed by atoms with Crippen molar-refractivity contribution in [3.05, 3.63) is 58.4 Å². The van der Waals surface area contributed by atoms with Crippen LogP contribution in [0.15, 0.2) is 30.3 Å². The minimum atomic E-state index is -0.622. The van der Waals surface area contributed by atoms with Crippen LogP contribution in [0.3, 0.4) is 0 Å². The molecule has 29 heavy (non-hydrogen) atoms. The Labute approximate surface area is 169 Å². The molecule has 1 aromatic carbocycles. The number of methoxy groups -OCH3 is 1. The van der Waals surface area contributed by atoms with Gasteiger partial charge in [0.15, 0.2) is 6.61 Å². The molecule has 3 rings (SSSR count). The first-order valence-electron chi connectivity index (χ1n) is 9.57. The van der Waals surface area contributed by atoms with E-state index in [0.717, 1.165) is 37.4 Å². The Morgan fingerprint density at radius 2 is 1.76 bits per heavy atom. The number of benzene rings is 1. The molecular formula is C22H25NO6. The van der Waals surface area contributed by atoms with Crippen LogP contribution in [0.2, 0.25) is 0 Å². The second kappa shape index (κ2) is 9.05. The van der Waals surface area contributed by atoms with Gasteiger partial charge >= 0.3 is 11.9 Å². The minimum absolute atomic E-state index is 0.175. The van der Waals surface area contributed by atoms with Gasteiger partial charge in [0.2, 0.25) is 5.78 Å². The van der Waals surface area contributed by atoms with Gasteiger partial charge in [0.05, 0.1) is 24.3 Å². The second-order valence-corrected chi connectivity index (χ2v) is 7.10. The van der Waals surface area contributed by atoms with E-state index < -0.39 is 11.9 Å². The highest BCUT2D eigenvalue weighted by Gasteiger charge is 2.22.